The minimum atomic E-state index is -0.147. The van der Waals surface area contributed by atoms with Gasteiger partial charge in [-0.25, -0.2) is 0 Å². The van der Waals surface area contributed by atoms with Gasteiger partial charge in [0.1, 0.15) is 0 Å². The van der Waals surface area contributed by atoms with Crippen molar-refractivity contribution in [3.63, 3.8) is 0 Å². The minimum absolute atomic E-state index is 0.0530. The second-order valence-electron chi connectivity index (χ2n) is 6.88. The van der Waals surface area contributed by atoms with Crippen molar-refractivity contribution in [1.29, 1.82) is 0 Å². The van der Waals surface area contributed by atoms with Crippen molar-refractivity contribution >= 4 is 17.5 Å². The van der Waals surface area contributed by atoms with Crippen molar-refractivity contribution in [2.45, 2.75) is 51.0 Å². The maximum absolute atomic E-state index is 12.5. The average molecular weight is 314 g/mol. The van der Waals surface area contributed by atoms with E-state index in [4.69, 9.17) is 0 Å². The Morgan fingerprint density at radius 3 is 2.30 bits per heavy atom. The number of hydrogen-bond acceptors (Lipinski definition) is 2. The van der Waals surface area contributed by atoms with Crippen LogP contribution in [0.5, 0.6) is 0 Å². The molecule has 2 fully saturated rings. The van der Waals surface area contributed by atoms with Gasteiger partial charge in [-0.15, -0.1) is 0 Å². The Labute approximate surface area is 138 Å². The smallest absolute Gasteiger partial charge is 0.230 e. The maximum atomic E-state index is 12.5. The summed E-state index contributed by atoms with van der Waals surface area (Å²) < 4.78 is 0. The van der Waals surface area contributed by atoms with E-state index >= 15 is 0 Å². The second kappa shape index (κ2) is 7.16. The van der Waals surface area contributed by atoms with Crippen LogP contribution in [0, 0.1) is 11.8 Å². The molecule has 4 nitrogen and oxygen atoms in total. The van der Waals surface area contributed by atoms with Gasteiger partial charge in [-0.1, -0.05) is 43.9 Å². The lowest BCUT2D eigenvalue weighted by Crippen LogP contribution is -2.37. The molecule has 0 heterocycles. The van der Waals surface area contributed by atoms with Crippen LogP contribution < -0.4 is 10.2 Å². The number of para-hydroxylation sites is 1. The Balaban J connectivity index is 1.52. The molecule has 2 atom stereocenters. The van der Waals surface area contributed by atoms with Crippen LogP contribution in [-0.4, -0.2) is 24.9 Å². The first kappa shape index (κ1) is 16.0. The van der Waals surface area contributed by atoms with Crippen LogP contribution in [0.3, 0.4) is 0 Å². The zero-order chi connectivity index (χ0) is 16.2. The highest BCUT2D eigenvalue weighted by atomic mass is 16.2. The lowest BCUT2D eigenvalue weighted by atomic mass is 10.1. The number of carbonyl (C=O) groups is 2. The molecule has 3 rings (SSSR count). The third-order valence-corrected chi connectivity index (χ3v) is 5.12. The molecule has 124 valence electrons. The number of nitrogens with zero attached hydrogens (tertiary/aromatic N) is 1. The molecule has 4 heteroatoms. The molecule has 0 radical (unpaired) electrons. The van der Waals surface area contributed by atoms with Gasteiger partial charge in [-0.05, 0) is 31.4 Å². The number of carbonyl (C=O) groups excluding carboxylic acids is 2. The van der Waals surface area contributed by atoms with E-state index in [0.717, 1.165) is 18.5 Å². The fourth-order valence-corrected chi connectivity index (χ4v) is 3.52. The van der Waals surface area contributed by atoms with Crippen LogP contribution in [0.4, 0.5) is 5.69 Å². The van der Waals surface area contributed by atoms with Gasteiger partial charge < -0.3 is 10.2 Å². The van der Waals surface area contributed by atoms with Crippen molar-refractivity contribution in [3.05, 3.63) is 30.3 Å². The minimum Gasteiger partial charge on any atom is -0.353 e. The summed E-state index contributed by atoms with van der Waals surface area (Å²) in [5.41, 5.74) is 0.882. The van der Waals surface area contributed by atoms with E-state index in [0.29, 0.717) is 12.5 Å². The highest BCUT2D eigenvalue weighted by molar-refractivity contribution is 6.00. The molecule has 2 saturated carbocycles. The van der Waals surface area contributed by atoms with E-state index in [1.165, 1.54) is 25.7 Å². The molecule has 1 aromatic carbocycles. The highest BCUT2D eigenvalue weighted by Gasteiger charge is 2.49. The molecule has 2 aliphatic carbocycles. The van der Waals surface area contributed by atoms with Gasteiger partial charge in [0.25, 0.3) is 0 Å². The molecular weight excluding hydrogens is 288 g/mol. The highest BCUT2D eigenvalue weighted by Crippen LogP contribution is 2.41. The van der Waals surface area contributed by atoms with Gasteiger partial charge in [0.05, 0.1) is 11.8 Å². The lowest BCUT2D eigenvalue weighted by molar-refractivity contribution is -0.126. The van der Waals surface area contributed by atoms with Crippen molar-refractivity contribution < 1.29 is 9.59 Å². The van der Waals surface area contributed by atoms with E-state index < -0.39 is 0 Å². The van der Waals surface area contributed by atoms with Gasteiger partial charge >= 0.3 is 0 Å². The fraction of sp³-hybridized carbons (Fsp3) is 0.579. The Bertz CT molecular complexity index is 550. The molecule has 2 aliphatic rings. The van der Waals surface area contributed by atoms with Crippen molar-refractivity contribution in [2.24, 2.45) is 11.8 Å². The zero-order valence-electron chi connectivity index (χ0n) is 13.8. The first-order valence-corrected chi connectivity index (χ1v) is 8.80. The normalized spacial score (nSPS) is 24.6. The van der Waals surface area contributed by atoms with Crippen molar-refractivity contribution in [1.82, 2.24) is 5.32 Å². The Morgan fingerprint density at radius 2 is 1.65 bits per heavy atom. The van der Waals surface area contributed by atoms with Gasteiger partial charge in [-0.2, -0.15) is 0 Å². The molecule has 2 amide bonds. The maximum Gasteiger partial charge on any atom is 0.230 e. The van der Waals surface area contributed by atoms with Crippen molar-refractivity contribution in [3.8, 4) is 0 Å². The monoisotopic (exact) mass is 314 g/mol. The molecular formula is C19H26N2O2. The van der Waals surface area contributed by atoms with Crippen LogP contribution in [-0.2, 0) is 9.59 Å². The predicted octanol–water partition coefficient (Wildman–Crippen LogP) is 3.12. The van der Waals surface area contributed by atoms with E-state index in [-0.39, 0.29) is 23.7 Å². The zero-order valence-corrected chi connectivity index (χ0v) is 13.8. The summed E-state index contributed by atoms with van der Waals surface area (Å²) in [4.78, 5) is 26.6. The van der Waals surface area contributed by atoms with Crippen LogP contribution >= 0.6 is 0 Å². The van der Waals surface area contributed by atoms with Gasteiger partial charge in [0.2, 0.25) is 11.8 Å². The van der Waals surface area contributed by atoms with E-state index in [1.807, 2.05) is 30.3 Å². The van der Waals surface area contributed by atoms with Crippen LogP contribution in [0.2, 0.25) is 0 Å². The summed E-state index contributed by atoms with van der Waals surface area (Å²) in [6.07, 6.45) is 7.82. The first-order valence-electron chi connectivity index (χ1n) is 8.80. The number of anilines is 1. The first-order chi connectivity index (χ1) is 11.2. The third kappa shape index (κ3) is 3.92. The van der Waals surface area contributed by atoms with Crippen LogP contribution in [0.1, 0.15) is 44.9 Å². The number of benzene rings is 1. The molecule has 0 spiro atoms. The Morgan fingerprint density at radius 1 is 1.00 bits per heavy atom. The van der Waals surface area contributed by atoms with Gasteiger partial charge in [0, 0.05) is 18.8 Å². The number of amides is 2. The van der Waals surface area contributed by atoms with Crippen molar-refractivity contribution in [2.75, 3.05) is 11.9 Å². The topological polar surface area (TPSA) is 49.4 Å². The molecule has 0 bridgehead atoms. The summed E-state index contributed by atoms with van der Waals surface area (Å²) in [5.74, 6) is -0.142. The summed E-state index contributed by atoms with van der Waals surface area (Å²) in [7, 11) is 1.79. The standard InChI is InChI=1S/C19H26N2O2/c1-21(15-11-7-4-8-12-15)19(23)17-13-16(17)18(22)20-14-9-5-2-3-6-10-14/h4,7-8,11-12,14,16-17H,2-3,5-6,9-10,13H2,1H3,(H,20,22). The molecule has 1 aromatic rings. The van der Waals surface area contributed by atoms with Gasteiger partial charge in [-0.3, -0.25) is 9.59 Å². The summed E-state index contributed by atoms with van der Waals surface area (Å²) in [6.45, 7) is 0. The molecule has 23 heavy (non-hydrogen) atoms. The van der Waals surface area contributed by atoms with E-state index in [9.17, 15) is 9.59 Å². The average Bonchev–Trinajstić information content (AvgIpc) is 3.39. The van der Waals surface area contributed by atoms with Gasteiger partial charge in [0.15, 0.2) is 0 Å². The van der Waals surface area contributed by atoms with Crippen LogP contribution in [0.15, 0.2) is 30.3 Å². The molecule has 0 saturated heterocycles. The summed E-state index contributed by atoms with van der Waals surface area (Å²) >= 11 is 0. The molecule has 2 unspecified atom stereocenters. The van der Waals surface area contributed by atoms with E-state index in [2.05, 4.69) is 5.32 Å². The Hall–Kier alpha value is -1.84. The SMILES string of the molecule is CN(C(=O)C1CC1C(=O)NC1CCCCCC1)c1ccccc1. The number of rotatable bonds is 4. The number of hydrogen-bond donors (Lipinski definition) is 1. The largest absolute Gasteiger partial charge is 0.353 e. The second-order valence-corrected chi connectivity index (χ2v) is 6.88. The summed E-state index contributed by atoms with van der Waals surface area (Å²) in [6, 6.07) is 9.92. The lowest BCUT2D eigenvalue weighted by Gasteiger charge is -2.18. The fourth-order valence-electron chi connectivity index (χ4n) is 3.52. The van der Waals surface area contributed by atoms with E-state index in [1.54, 1.807) is 11.9 Å². The molecule has 0 aromatic heterocycles. The number of nitrogens with one attached hydrogen (secondary N) is 1. The van der Waals surface area contributed by atoms with Crippen LogP contribution in [0.25, 0.3) is 0 Å². The third-order valence-electron chi connectivity index (χ3n) is 5.12. The summed E-state index contributed by atoms with van der Waals surface area (Å²) in [5, 5.41) is 3.17. The Kier molecular flexibility index (Phi) is 4.99. The predicted molar refractivity (Wildman–Crippen MR) is 91.1 cm³/mol. The molecule has 0 aliphatic heterocycles. The molecule has 1 N–H and O–H groups in total. The quantitative estimate of drug-likeness (QED) is 0.868.